The largest absolute Gasteiger partial charge is 0.465 e. The van der Waals surface area contributed by atoms with Gasteiger partial charge in [0.2, 0.25) is 0 Å². The Hall–Kier alpha value is -2.14. The molecule has 0 saturated carbocycles. The van der Waals surface area contributed by atoms with Crippen LogP contribution in [0.3, 0.4) is 0 Å². The van der Waals surface area contributed by atoms with Crippen LogP contribution in [0.25, 0.3) is 0 Å². The van der Waals surface area contributed by atoms with Gasteiger partial charge in [-0.1, -0.05) is 23.7 Å². The first-order valence-corrected chi connectivity index (χ1v) is 5.93. The number of rotatable bonds is 3. The Morgan fingerprint density at radius 3 is 2.95 bits per heavy atom. The zero-order chi connectivity index (χ0) is 13.8. The number of ether oxygens (including phenoxy) is 1. The van der Waals surface area contributed by atoms with E-state index in [9.17, 15) is 4.79 Å². The highest BCUT2D eigenvalue weighted by Crippen LogP contribution is 2.08. The molecule has 0 aliphatic rings. The van der Waals surface area contributed by atoms with Crippen LogP contribution >= 0.6 is 11.6 Å². The van der Waals surface area contributed by atoms with E-state index in [4.69, 9.17) is 17.0 Å². The Labute approximate surface area is 114 Å². The minimum absolute atomic E-state index is 0.243. The van der Waals surface area contributed by atoms with Gasteiger partial charge in [0.05, 0.1) is 19.2 Å². The second-order valence-corrected chi connectivity index (χ2v) is 4.28. The number of carbonyl (C=O) groups is 1. The molecule has 6 heteroatoms. The molecule has 0 bridgehead atoms. The lowest BCUT2D eigenvalue weighted by molar-refractivity contribution is 0.0600. The number of hydrogen-bond donors (Lipinski definition) is 1. The zero-order valence-corrected chi connectivity index (χ0v) is 11.0. The molecule has 19 heavy (non-hydrogen) atoms. The Morgan fingerprint density at radius 2 is 2.21 bits per heavy atom. The van der Waals surface area contributed by atoms with Gasteiger partial charge in [-0.2, -0.15) is 5.10 Å². The number of hydrogen-bond acceptors (Lipinski definition) is 4. The van der Waals surface area contributed by atoms with Crippen LogP contribution in [0.15, 0.2) is 36.4 Å². The standard InChI is InChI=1S/C13H12ClN3O2/c1-19-13(18)10-4-2-3-9(7-10)8-17-12(15)6-5-11(14)16-17/h2-7,15H,8H2,1H3. The smallest absolute Gasteiger partial charge is 0.337 e. The molecule has 1 aromatic carbocycles. The highest BCUT2D eigenvalue weighted by molar-refractivity contribution is 6.29. The Balaban J connectivity index is 2.31. The summed E-state index contributed by atoms with van der Waals surface area (Å²) in [6, 6.07) is 10.1. The lowest BCUT2D eigenvalue weighted by Crippen LogP contribution is -2.22. The number of methoxy groups -OCH3 is 1. The van der Waals surface area contributed by atoms with Crippen molar-refractivity contribution in [1.82, 2.24) is 9.78 Å². The van der Waals surface area contributed by atoms with Gasteiger partial charge in [-0.15, -0.1) is 0 Å². The van der Waals surface area contributed by atoms with Gasteiger partial charge < -0.3 is 4.74 Å². The SMILES string of the molecule is COC(=O)c1cccc(Cn2nc(Cl)ccc2=N)c1. The van der Waals surface area contributed by atoms with Crippen LogP contribution in [0.1, 0.15) is 15.9 Å². The molecular weight excluding hydrogens is 266 g/mol. The van der Waals surface area contributed by atoms with Crippen molar-refractivity contribution in [2.75, 3.05) is 7.11 Å². The monoisotopic (exact) mass is 277 g/mol. The molecule has 1 heterocycles. The molecule has 2 rings (SSSR count). The van der Waals surface area contributed by atoms with E-state index in [1.807, 2.05) is 6.07 Å². The summed E-state index contributed by atoms with van der Waals surface area (Å²) in [5.41, 5.74) is 1.55. The average molecular weight is 278 g/mol. The predicted octanol–water partition coefficient (Wildman–Crippen LogP) is 1.85. The molecule has 0 saturated heterocycles. The third-order valence-corrected chi connectivity index (χ3v) is 2.76. The summed E-state index contributed by atoms with van der Waals surface area (Å²) in [5, 5.41) is 12.1. The first-order valence-electron chi connectivity index (χ1n) is 5.55. The second-order valence-electron chi connectivity index (χ2n) is 3.89. The van der Waals surface area contributed by atoms with Gasteiger partial charge >= 0.3 is 5.97 Å². The van der Waals surface area contributed by atoms with Crippen molar-refractivity contribution in [2.24, 2.45) is 0 Å². The van der Waals surface area contributed by atoms with Gasteiger partial charge in [0.1, 0.15) is 10.6 Å². The Bertz CT molecular complexity index is 667. The second kappa shape index (κ2) is 5.67. The summed E-state index contributed by atoms with van der Waals surface area (Å²) < 4.78 is 6.12. The maximum absolute atomic E-state index is 11.4. The summed E-state index contributed by atoms with van der Waals surface area (Å²) >= 11 is 5.80. The van der Waals surface area contributed by atoms with Crippen molar-refractivity contribution in [3.8, 4) is 0 Å². The van der Waals surface area contributed by atoms with E-state index < -0.39 is 5.97 Å². The average Bonchev–Trinajstić information content (AvgIpc) is 2.42. The minimum atomic E-state index is -0.392. The number of halogens is 1. The van der Waals surface area contributed by atoms with Crippen LogP contribution in [0.2, 0.25) is 5.15 Å². The number of benzene rings is 1. The first-order chi connectivity index (χ1) is 9.10. The summed E-state index contributed by atoms with van der Waals surface area (Å²) in [4.78, 5) is 11.4. The highest BCUT2D eigenvalue weighted by atomic mass is 35.5. The topological polar surface area (TPSA) is 68.0 Å². The Kier molecular flexibility index (Phi) is 3.97. The zero-order valence-electron chi connectivity index (χ0n) is 10.3. The van der Waals surface area contributed by atoms with Gasteiger partial charge in [0.25, 0.3) is 0 Å². The third-order valence-electron chi connectivity index (χ3n) is 2.55. The van der Waals surface area contributed by atoms with E-state index >= 15 is 0 Å². The van der Waals surface area contributed by atoms with Crippen LogP contribution in [0, 0.1) is 5.41 Å². The fraction of sp³-hybridized carbons (Fsp3) is 0.154. The molecule has 0 radical (unpaired) electrons. The number of nitrogens with zero attached hydrogens (tertiary/aromatic N) is 2. The molecule has 1 aromatic heterocycles. The maximum Gasteiger partial charge on any atom is 0.337 e. The molecule has 0 spiro atoms. The van der Waals surface area contributed by atoms with Crippen molar-refractivity contribution in [2.45, 2.75) is 6.54 Å². The minimum Gasteiger partial charge on any atom is -0.465 e. The first kappa shape index (κ1) is 13.3. The van der Waals surface area contributed by atoms with Gasteiger partial charge in [-0.05, 0) is 29.8 Å². The molecule has 0 aliphatic heterocycles. The molecule has 5 nitrogen and oxygen atoms in total. The molecular formula is C13H12ClN3O2. The van der Waals surface area contributed by atoms with Crippen LogP contribution in [0.4, 0.5) is 0 Å². The predicted molar refractivity (Wildman–Crippen MR) is 70.0 cm³/mol. The van der Waals surface area contributed by atoms with Crippen LogP contribution < -0.4 is 5.49 Å². The molecule has 1 N–H and O–H groups in total. The van der Waals surface area contributed by atoms with Crippen molar-refractivity contribution in [3.05, 3.63) is 58.2 Å². The Morgan fingerprint density at radius 1 is 1.42 bits per heavy atom. The summed E-state index contributed by atoms with van der Waals surface area (Å²) in [5.74, 6) is -0.392. The van der Waals surface area contributed by atoms with Gasteiger partial charge in [-0.25, -0.2) is 9.48 Å². The number of nitrogens with one attached hydrogen (secondary N) is 1. The van der Waals surface area contributed by atoms with Crippen LogP contribution in [0.5, 0.6) is 0 Å². The van der Waals surface area contributed by atoms with E-state index in [-0.39, 0.29) is 5.49 Å². The normalized spacial score (nSPS) is 10.2. The van der Waals surface area contributed by atoms with E-state index in [2.05, 4.69) is 9.84 Å². The molecule has 2 aromatic rings. The summed E-state index contributed by atoms with van der Waals surface area (Å²) in [6.07, 6.45) is 0. The van der Waals surface area contributed by atoms with E-state index in [0.29, 0.717) is 17.3 Å². The summed E-state index contributed by atoms with van der Waals surface area (Å²) in [6.45, 7) is 0.365. The maximum atomic E-state index is 11.4. The van der Waals surface area contributed by atoms with Crippen LogP contribution in [-0.2, 0) is 11.3 Å². The fourth-order valence-electron chi connectivity index (χ4n) is 1.64. The van der Waals surface area contributed by atoms with Gasteiger partial charge in [-0.3, -0.25) is 5.41 Å². The van der Waals surface area contributed by atoms with Gasteiger partial charge in [0.15, 0.2) is 0 Å². The molecule has 0 unspecified atom stereocenters. The molecule has 0 aliphatic carbocycles. The van der Waals surface area contributed by atoms with Crippen molar-refractivity contribution >= 4 is 17.6 Å². The van der Waals surface area contributed by atoms with Crippen molar-refractivity contribution < 1.29 is 9.53 Å². The van der Waals surface area contributed by atoms with E-state index in [1.54, 1.807) is 30.3 Å². The molecule has 0 amide bonds. The fourth-order valence-corrected chi connectivity index (χ4v) is 1.80. The van der Waals surface area contributed by atoms with Crippen molar-refractivity contribution in [3.63, 3.8) is 0 Å². The molecule has 0 fully saturated rings. The quantitative estimate of drug-likeness (QED) is 0.871. The lowest BCUT2D eigenvalue weighted by Gasteiger charge is -2.07. The van der Waals surface area contributed by atoms with Crippen molar-refractivity contribution in [1.29, 1.82) is 5.41 Å². The van der Waals surface area contributed by atoms with Crippen LogP contribution in [-0.4, -0.2) is 22.9 Å². The lowest BCUT2D eigenvalue weighted by atomic mass is 10.1. The highest BCUT2D eigenvalue weighted by Gasteiger charge is 2.06. The number of esters is 1. The van der Waals surface area contributed by atoms with E-state index in [1.165, 1.54) is 11.8 Å². The van der Waals surface area contributed by atoms with Gasteiger partial charge in [0, 0.05) is 0 Å². The third kappa shape index (κ3) is 3.20. The molecule has 98 valence electrons. The molecule has 0 atom stereocenters. The number of carbonyl (C=O) groups excluding carboxylic acids is 1. The van der Waals surface area contributed by atoms with E-state index in [0.717, 1.165) is 5.56 Å². The summed E-state index contributed by atoms with van der Waals surface area (Å²) in [7, 11) is 1.34. The number of aromatic nitrogens is 2.